The first-order valence-corrected chi connectivity index (χ1v) is 5.97. The van der Waals surface area contributed by atoms with Gasteiger partial charge in [0.25, 0.3) is 0 Å². The van der Waals surface area contributed by atoms with Crippen molar-refractivity contribution in [3.8, 4) is 11.5 Å². The van der Waals surface area contributed by atoms with Crippen molar-refractivity contribution in [2.75, 3.05) is 33.5 Å². The maximum Gasteiger partial charge on any atom is 0.231 e. The third kappa shape index (κ3) is 1.87. The van der Waals surface area contributed by atoms with Gasteiger partial charge in [0.1, 0.15) is 0 Å². The smallest absolute Gasteiger partial charge is 0.231 e. The Labute approximate surface area is 101 Å². The highest BCUT2D eigenvalue weighted by Gasteiger charge is 2.32. The Hall–Kier alpha value is -1.26. The lowest BCUT2D eigenvalue weighted by Crippen LogP contribution is -2.15. The first kappa shape index (κ1) is 10.9. The summed E-state index contributed by atoms with van der Waals surface area (Å²) in [4.78, 5) is 2.26. The molecule has 1 aromatic carbocycles. The van der Waals surface area contributed by atoms with E-state index in [1.54, 1.807) is 0 Å². The summed E-state index contributed by atoms with van der Waals surface area (Å²) in [6.45, 7) is 2.50. The number of ether oxygens (including phenoxy) is 2. The Morgan fingerprint density at radius 2 is 2.12 bits per heavy atom. The van der Waals surface area contributed by atoms with Crippen LogP contribution in [0, 0.1) is 5.92 Å². The summed E-state index contributed by atoms with van der Waals surface area (Å²) in [6.07, 6.45) is 0. The summed E-state index contributed by atoms with van der Waals surface area (Å²) in [6, 6.07) is 6.10. The minimum absolute atomic E-state index is 0.240. The van der Waals surface area contributed by atoms with Crippen LogP contribution in [0.1, 0.15) is 11.5 Å². The van der Waals surface area contributed by atoms with E-state index in [1.807, 2.05) is 6.07 Å². The normalized spacial score (nSPS) is 27.6. The van der Waals surface area contributed by atoms with Crippen LogP contribution in [-0.2, 0) is 0 Å². The number of nitrogens with zero attached hydrogens (tertiary/aromatic N) is 1. The first-order chi connectivity index (χ1) is 8.28. The van der Waals surface area contributed by atoms with Crippen molar-refractivity contribution in [3.05, 3.63) is 23.8 Å². The second-order valence-electron chi connectivity index (χ2n) is 4.88. The second kappa shape index (κ2) is 4.20. The van der Waals surface area contributed by atoms with Crippen molar-refractivity contribution >= 4 is 0 Å². The molecular formula is C13H17NO3. The zero-order valence-corrected chi connectivity index (χ0v) is 9.93. The Morgan fingerprint density at radius 1 is 1.29 bits per heavy atom. The summed E-state index contributed by atoms with van der Waals surface area (Å²) >= 11 is 0. The first-order valence-electron chi connectivity index (χ1n) is 5.97. The third-order valence-corrected chi connectivity index (χ3v) is 3.68. The van der Waals surface area contributed by atoms with E-state index in [0.717, 1.165) is 24.6 Å². The Morgan fingerprint density at radius 3 is 2.94 bits per heavy atom. The Bertz CT molecular complexity index is 421. The molecule has 0 unspecified atom stereocenters. The molecule has 4 heteroatoms. The predicted octanol–water partition coefficient (Wildman–Crippen LogP) is 1.05. The summed E-state index contributed by atoms with van der Waals surface area (Å²) in [5.41, 5.74) is 1.23. The van der Waals surface area contributed by atoms with Crippen LogP contribution in [0.5, 0.6) is 11.5 Å². The van der Waals surface area contributed by atoms with Gasteiger partial charge in [-0.3, -0.25) is 0 Å². The molecule has 2 aliphatic heterocycles. The van der Waals surface area contributed by atoms with Crippen LogP contribution in [-0.4, -0.2) is 43.5 Å². The zero-order chi connectivity index (χ0) is 11.8. The van der Waals surface area contributed by atoms with Gasteiger partial charge in [0.2, 0.25) is 6.79 Å². The number of fused-ring (bicyclic) bond motifs is 1. The fraction of sp³-hybridized carbons (Fsp3) is 0.538. The monoisotopic (exact) mass is 235 g/mol. The van der Waals surface area contributed by atoms with Gasteiger partial charge in [-0.1, -0.05) is 6.07 Å². The fourth-order valence-corrected chi connectivity index (χ4v) is 2.79. The number of benzene rings is 1. The van der Waals surface area contributed by atoms with Crippen molar-refractivity contribution in [2.45, 2.75) is 5.92 Å². The van der Waals surface area contributed by atoms with E-state index in [9.17, 15) is 5.11 Å². The molecule has 4 nitrogen and oxygen atoms in total. The Balaban J connectivity index is 1.88. The van der Waals surface area contributed by atoms with E-state index in [4.69, 9.17) is 9.47 Å². The van der Waals surface area contributed by atoms with Gasteiger partial charge in [-0.15, -0.1) is 0 Å². The average molecular weight is 235 g/mol. The van der Waals surface area contributed by atoms with Crippen LogP contribution in [0.15, 0.2) is 18.2 Å². The quantitative estimate of drug-likeness (QED) is 0.832. The van der Waals surface area contributed by atoms with Crippen molar-refractivity contribution in [2.24, 2.45) is 5.92 Å². The van der Waals surface area contributed by atoms with Gasteiger partial charge in [-0.25, -0.2) is 0 Å². The van der Waals surface area contributed by atoms with Crippen LogP contribution in [0.2, 0.25) is 0 Å². The van der Waals surface area contributed by atoms with Crippen molar-refractivity contribution in [1.29, 1.82) is 0 Å². The molecule has 0 aromatic heterocycles. The summed E-state index contributed by atoms with van der Waals surface area (Å²) in [7, 11) is 2.09. The van der Waals surface area contributed by atoms with E-state index in [1.165, 1.54) is 5.56 Å². The highest BCUT2D eigenvalue weighted by atomic mass is 16.7. The molecule has 1 saturated heterocycles. The van der Waals surface area contributed by atoms with Crippen molar-refractivity contribution < 1.29 is 14.6 Å². The van der Waals surface area contributed by atoms with Gasteiger partial charge in [-0.05, 0) is 24.7 Å². The standard InChI is InChI=1S/C13H17NO3/c1-14-5-10(7-15)11(6-14)9-2-3-12-13(4-9)17-8-16-12/h2-4,10-11,15H,5-8H2,1H3/t10-,11-/m0/s1. The molecule has 0 bridgehead atoms. The second-order valence-corrected chi connectivity index (χ2v) is 4.88. The SMILES string of the molecule is CN1C[C@@H](CO)[C@H](c2ccc3c(c2)OCO3)C1. The van der Waals surface area contributed by atoms with Crippen LogP contribution in [0.3, 0.4) is 0 Å². The lowest BCUT2D eigenvalue weighted by molar-refractivity contribution is 0.174. The van der Waals surface area contributed by atoms with E-state index < -0.39 is 0 Å². The molecule has 1 fully saturated rings. The minimum Gasteiger partial charge on any atom is -0.454 e. The Kier molecular flexibility index (Phi) is 2.68. The van der Waals surface area contributed by atoms with E-state index in [-0.39, 0.29) is 6.61 Å². The van der Waals surface area contributed by atoms with Crippen LogP contribution in [0.25, 0.3) is 0 Å². The maximum absolute atomic E-state index is 9.43. The van der Waals surface area contributed by atoms with Crippen molar-refractivity contribution in [3.63, 3.8) is 0 Å². The van der Waals surface area contributed by atoms with Crippen molar-refractivity contribution in [1.82, 2.24) is 4.90 Å². The number of hydrogen-bond donors (Lipinski definition) is 1. The number of rotatable bonds is 2. The molecule has 2 aliphatic rings. The van der Waals surface area contributed by atoms with Gasteiger partial charge in [0.15, 0.2) is 11.5 Å². The number of hydrogen-bond acceptors (Lipinski definition) is 4. The molecule has 0 saturated carbocycles. The van der Waals surface area contributed by atoms with E-state index in [0.29, 0.717) is 18.6 Å². The van der Waals surface area contributed by atoms with Gasteiger partial charge >= 0.3 is 0 Å². The van der Waals surface area contributed by atoms with Gasteiger partial charge in [0.05, 0.1) is 0 Å². The summed E-state index contributed by atoms with van der Waals surface area (Å²) in [5, 5.41) is 9.43. The largest absolute Gasteiger partial charge is 0.454 e. The van der Waals surface area contributed by atoms with Gasteiger partial charge in [0, 0.05) is 31.5 Å². The minimum atomic E-state index is 0.240. The van der Waals surface area contributed by atoms with Gasteiger partial charge in [-0.2, -0.15) is 0 Å². The highest BCUT2D eigenvalue weighted by Crippen LogP contribution is 2.38. The maximum atomic E-state index is 9.43. The molecule has 92 valence electrons. The lowest BCUT2D eigenvalue weighted by Gasteiger charge is -2.16. The molecule has 17 heavy (non-hydrogen) atoms. The van der Waals surface area contributed by atoms with Crippen LogP contribution >= 0.6 is 0 Å². The topological polar surface area (TPSA) is 41.9 Å². The number of likely N-dealkylation sites (tertiary alicyclic amines) is 1. The van der Waals surface area contributed by atoms with E-state index >= 15 is 0 Å². The highest BCUT2D eigenvalue weighted by molar-refractivity contribution is 5.45. The summed E-state index contributed by atoms with van der Waals surface area (Å²) in [5.74, 6) is 2.36. The molecular weight excluding hydrogens is 218 g/mol. The number of likely N-dealkylation sites (N-methyl/N-ethyl adjacent to an activating group) is 1. The molecule has 1 aromatic rings. The fourth-order valence-electron chi connectivity index (χ4n) is 2.79. The van der Waals surface area contributed by atoms with Crippen LogP contribution < -0.4 is 9.47 Å². The van der Waals surface area contributed by atoms with E-state index in [2.05, 4.69) is 24.1 Å². The average Bonchev–Trinajstić information content (AvgIpc) is 2.93. The third-order valence-electron chi connectivity index (χ3n) is 3.68. The molecule has 0 radical (unpaired) electrons. The number of aliphatic hydroxyl groups excluding tert-OH is 1. The number of aliphatic hydroxyl groups is 1. The molecule has 2 atom stereocenters. The molecule has 3 rings (SSSR count). The molecule has 2 heterocycles. The van der Waals surface area contributed by atoms with Crippen LogP contribution in [0.4, 0.5) is 0 Å². The lowest BCUT2D eigenvalue weighted by atomic mass is 9.89. The predicted molar refractivity (Wildman–Crippen MR) is 63.4 cm³/mol. The molecule has 1 N–H and O–H groups in total. The van der Waals surface area contributed by atoms with Gasteiger partial charge < -0.3 is 19.5 Å². The summed E-state index contributed by atoms with van der Waals surface area (Å²) < 4.78 is 10.7. The molecule has 0 amide bonds. The molecule has 0 aliphatic carbocycles. The zero-order valence-electron chi connectivity index (χ0n) is 9.93. The molecule has 0 spiro atoms.